The third-order valence-electron chi connectivity index (χ3n) is 3.30. The fraction of sp³-hybridized carbons (Fsp3) is 0.235. The largest absolute Gasteiger partial charge is 0.399 e. The first-order valence-electron chi connectivity index (χ1n) is 6.95. The van der Waals surface area contributed by atoms with Crippen LogP contribution in [-0.4, -0.2) is 17.4 Å². The predicted molar refractivity (Wildman–Crippen MR) is 89.8 cm³/mol. The number of hydrogen-bond donors (Lipinski definition) is 1. The topological polar surface area (TPSA) is 46.3 Å². The van der Waals surface area contributed by atoms with Crippen molar-refractivity contribution < 1.29 is 4.79 Å². The van der Waals surface area contributed by atoms with Gasteiger partial charge in [0.2, 0.25) is 5.91 Å². The van der Waals surface area contributed by atoms with E-state index in [1.165, 1.54) is 0 Å². The van der Waals surface area contributed by atoms with Gasteiger partial charge in [0, 0.05) is 23.2 Å². The molecule has 2 rings (SSSR count). The highest BCUT2D eigenvalue weighted by molar-refractivity contribution is 9.10. The number of amides is 1. The maximum absolute atomic E-state index is 12.4. The highest BCUT2D eigenvalue weighted by Crippen LogP contribution is 2.14. The van der Waals surface area contributed by atoms with Gasteiger partial charge in [-0.1, -0.05) is 40.2 Å². The summed E-state index contributed by atoms with van der Waals surface area (Å²) in [6, 6.07) is 15.5. The molecule has 1 amide bonds. The summed E-state index contributed by atoms with van der Waals surface area (Å²) in [5.41, 5.74) is 8.58. The van der Waals surface area contributed by atoms with Crippen LogP contribution in [0.15, 0.2) is 53.0 Å². The van der Waals surface area contributed by atoms with E-state index in [0.717, 1.165) is 21.3 Å². The molecule has 0 aliphatic carbocycles. The number of benzene rings is 2. The molecule has 0 fully saturated rings. The van der Waals surface area contributed by atoms with Crippen molar-refractivity contribution in [3.8, 4) is 0 Å². The summed E-state index contributed by atoms with van der Waals surface area (Å²) in [5.74, 6) is 0.123. The van der Waals surface area contributed by atoms with Gasteiger partial charge in [-0.15, -0.1) is 0 Å². The second-order valence-electron chi connectivity index (χ2n) is 4.96. The molecule has 3 nitrogen and oxygen atoms in total. The minimum atomic E-state index is 0.123. The second kappa shape index (κ2) is 7.27. The summed E-state index contributed by atoms with van der Waals surface area (Å²) < 4.78 is 0.992. The fourth-order valence-corrected chi connectivity index (χ4v) is 2.67. The third-order valence-corrected chi connectivity index (χ3v) is 3.80. The van der Waals surface area contributed by atoms with Crippen molar-refractivity contribution in [2.75, 3.05) is 12.3 Å². The SMILES string of the molecule is CCN(Cc1cccc(N)c1)C(=O)Cc1cccc(Br)c1. The van der Waals surface area contributed by atoms with Gasteiger partial charge in [-0.3, -0.25) is 4.79 Å². The van der Waals surface area contributed by atoms with Crippen LogP contribution in [0.25, 0.3) is 0 Å². The Bertz CT molecular complexity index is 628. The molecule has 0 saturated carbocycles. The lowest BCUT2D eigenvalue weighted by Gasteiger charge is -2.21. The molecule has 4 heteroatoms. The quantitative estimate of drug-likeness (QED) is 0.840. The zero-order chi connectivity index (χ0) is 15.2. The van der Waals surface area contributed by atoms with E-state index >= 15 is 0 Å². The maximum atomic E-state index is 12.4. The number of carbonyl (C=O) groups excluding carboxylic acids is 1. The number of nitrogen functional groups attached to an aromatic ring is 1. The first kappa shape index (κ1) is 15.6. The summed E-state index contributed by atoms with van der Waals surface area (Å²) in [5, 5.41) is 0. The molecule has 2 N–H and O–H groups in total. The Balaban J connectivity index is 2.05. The average molecular weight is 347 g/mol. The molecule has 0 unspecified atom stereocenters. The minimum absolute atomic E-state index is 0.123. The van der Waals surface area contributed by atoms with Gasteiger partial charge in [0.1, 0.15) is 0 Å². The van der Waals surface area contributed by atoms with Crippen molar-refractivity contribution in [1.29, 1.82) is 0 Å². The molecule has 110 valence electrons. The molecule has 0 aliphatic rings. The number of carbonyl (C=O) groups is 1. The highest BCUT2D eigenvalue weighted by Gasteiger charge is 2.13. The monoisotopic (exact) mass is 346 g/mol. The zero-order valence-corrected chi connectivity index (χ0v) is 13.6. The first-order valence-corrected chi connectivity index (χ1v) is 7.74. The first-order chi connectivity index (χ1) is 10.1. The van der Waals surface area contributed by atoms with E-state index in [2.05, 4.69) is 15.9 Å². The summed E-state index contributed by atoms with van der Waals surface area (Å²) in [6.45, 7) is 3.26. The van der Waals surface area contributed by atoms with E-state index in [9.17, 15) is 4.79 Å². The van der Waals surface area contributed by atoms with Crippen molar-refractivity contribution in [3.63, 3.8) is 0 Å². The molecule has 0 spiro atoms. The molecule has 21 heavy (non-hydrogen) atoms. The normalized spacial score (nSPS) is 10.4. The standard InChI is InChI=1S/C17H19BrN2O/c1-2-20(12-14-6-4-8-16(19)10-14)17(21)11-13-5-3-7-15(18)9-13/h3-10H,2,11-12,19H2,1H3. The summed E-state index contributed by atoms with van der Waals surface area (Å²) in [7, 11) is 0. The van der Waals surface area contributed by atoms with Crippen molar-refractivity contribution in [2.45, 2.75) is 19.9 Å². The molecule has 0 saturated heterocycles. The summed E-state index contributed by atoms with van der Waals surface area (Å²) >= 11 is 3.43. The molecule has 2 aromatic rings. The number of nitrogens with two attached hydrogens (primary N) is 1. The lowest BCUT2D eigenvalue weighted by molar-refractivity contribution is -0.130. The van der Waals surface area contributed by atoms with Crippen molar-refractivity contribution >= 4 is 27.5 Å². The lowest BCUT2D eigenvalue weighted by atomic mass is 10.1. The van der Waals surface area contributed by atoms with Crippen LogP contribution in [-0.2, 0) is 17.8 Å². The van der Waals surface area contributed by atoms with Gasteiger partial charge in [0.25, 0.3) is 0 Å². The zero-order valence-electron chi connectivity index (χ0n) is 12.1. The van der Waals surface area contributed by atoms with E-state index in [1.54, 1.807) is 0 Å². The van der Waals surface area contributed by atoms with Gasteiger partial charge in [-0.05, 0) is 42.3 Å². The fourth-order valence-electron chi connectivity index (χ4n) is 2.22. The smallest absolute Gasteiger partial charge is 0.227 e. The Morgan fingerprint density at radius 3 is 2.52 bits per heavy atom. The van der Waals surface area contributed by atoms with Crippen LogP contribution in [0.1, 0.15) is 18.1 Å². The molecule has 0 bridgehead atoms. The molecular weight excluding hydrogens is 328 g/mol. The Morgan fingerprint density at radius 2 is 1.86 bits per heavy atom. The maximum Gasteiger partial charge on any atom is 0.227 e. The number of anilines is 1. The summed E-state index contributed by atoms with van der Waals surface area (Å²) in [6.07, 6.45) is 0.412. The van der Waals surface area contributed by atoms with Gasteiger partial charge in [0.15, 0.2) is 0 Å². The minimum Gasteiger partial charge on any atom is -0.399 e. The van der Waals surface area contributed by atoms with Gasteiger partial charge < -0.3 is 10.6 Å². The van der Waals surface area contributed by atoms with Gasteiger partial charge in [0.05, 0.1) is 6.42 Å². The number of hydrogen-bond acceptors (Lipinski definition) is 2. The third kappa shape index (κ3) is 4.60. The van der Waals surface area contributed by atoms with E-state index in [1.807, 2.05) is 60.4 Å². The molecule has 0 heterocycles. The molecular formula is C17H19BrN2O. The van der Waals surface area contributed by atoms with E-state index < -0.39 is 0 Å². The Hall–Kier alpha value is -1.81. The number of likely N-dealkylation sites (N-methyl/N-ethyl adjacent to an activating group) is 1. The molecule has 2 aromatic carbocycles. The van der Waals surface area contributed by atoms with Crippen LogP contribution in [0.3, 0.4) is 0 Å². The second-order valence-corrected chi connectivity index (χ2v) is 5.88. The number of halogens is 1. The van der Waals surface area contributed by atoms with Crippen LogP contribution < -0.4 is 5.73 Å². The van der Waals surface area contributed by atoms with Crippen LogP contribution in [0.2, 0.25) is 0 Å². The van der Waals surface area contributed by atoms with Crippen molar-refractivity contribution in [3.05, 3.63) is 64.1 Å². The van der Waals surface area contributed by atoms with Crippen LogP contribution in [0.5, 0.6) is 0 Å². The predicted octanol–water partition coefficient (Wildman–Crippen LogP) is 3.62. The van der Waals surface area contributed by atoms with Gasteiger partial charge in [-0.25, -0.2) is 0 Å². The van der Waals surface area contributed by atoms with Gasteiger partial charge >= 0.3 is 0 Å². The van der Waals surface area contributed by atoms with E-state index in [-0.39, 0.29) is 5.91 Å². The number of nitrogens with zero attached hydrogens (tertiary/aromatic N) is 1. The summed E-state index contributed by atoms with van der Waals surface area (Å²) in [4.78, 5) is 14.3. The lowest BCUT2D eigenvalue weighted by Crippen LogP contribution is -2.31. The Labute approximate surface area is 133 Å². The Kier molecular flexibility index (Phi) is 5.39. The molecule has 0 radical (unpaired) electrons. The molecule has 0 aliphatic heterocycles. The number of rotatable bonds is 5. The van der Waals surface area contributed by atoms with Crippen molar-refractivity contribution in [2.24, 2.45) is 0 Å². The van der Waals surface area contributed by atoms with Gasteiger partial charge in [-0.2, -0.15) is 0 Å². The van der Waals surface area contributed by atoms with Crippen LogP contribution in [0, 0.1) is 0 Å². The van der Waals surface area contributed by atoms with Crippen LogP contribution >= 0.6 is 15.9 Å². The molecule has 0 atom stereocenters. The van der Waals surface area contributed by atoms with E-state index in [4.69, 9.17) is 5.73 Å². The van der Waals surface area contributed by atoms with E-state index in [0.29, 0.717) is 19.5 Å². The van der Waals surface area contributed by atoms with Crippen molar-refractivity contribution in [1.82, 2.24) is 4.90 Å². The van der Waals surface area contributed by atoms with Crippen LogP contribution in [0.4, 0.5) is 5.69 Å². The highest BCUT2D eigenvalue weighted by atomic mass is 79.9. The Morgan fingerprint density at radius 1 is 1.14 bits per heavy atom. The molecule has 0 aromatic heterocycles. The average Bonchev–Trinajstić information content (AvgIpc) is 2.44.